The van der Waals surface area contributed by atoms with Crippen LogP contribution in [0.1, 0.15) is 17.0 Å². The number of carbonyl (C=O) groups is 1. The predicted molar refractivity (Wildman–Crippen MR) is 47.3 cm³/mol. The van der Waals surface area contributed by atoms with E-state index in [4.69, 9.17) is 0 Å². The van der Waals surface area contributed by atoms with Crippen molar-refractivity contribution in [3.8, 4) is 0 Å². The summed E-state index contributed by atoms with van der Waals surface area (Å²) in [5.74, 6) is 0.0399. The number of hydrogen-bond acceptors (Lipinski definition) is 4. The monoisotopic (exact) mass is 183 g/mol. The SMILES string of the molecule is CNCCCNC(=O)c1ncn[nH]1. The Balaban J connectivity index is 2.19. The second-order valence-electron chi connectivity index (χ2n) is 2.55. The summed E-state index contributed by atoms with van der Waals surface area (Å²) in [5, 5.41) is 11.8. The van der Waals surface area contributed by atoms with Crippen molar-refractivity contribution < 1.29 is 4.79 Å². The first kappa shape index (κ1) is 9.66. The Hall–Kier alpha value is -1.43. The standard InChI is InChI=1S/C7H13N5O/c1-8-3-2-4-9-7(13)6-10-5-11-12-6/h5,8H,2-4H2,1H3,(H,9,13)(H,10,11,12). The second kappa shape index (κ2) is 5.26. The number of rotatable bonds is 5. The van der Waals surface area contributed by atoms with Crippen molar-refractivity contribution in [1.29, 1.82) is 0 Å². The Morgan fingerprint density at radius 3 is 3.08 bits per heavy atom. The van der Waals surface area contributed by atoms with Gasteiger partial charge in [0.2, 0.25) is 5.82 Å². The van der Waals surface area contributed by atoms with Crippen LogP contribution in [-0.4, -0.2) is 41.2 Å². The fraction of sp³-hybridized carbons (Fsp3) is 0.571. The molecule has 3 N–H and O–H groups in total. The molecule has 0 saturated heterocycles. The lowest BCUT2D eigenvalue weighted by molar-refractivity contribution is 0.0943. The van der Waals surface area contributed by atoms with E-state index < -0.39 is 0 Å². The molecule has 0 aliphatic carbocycles. The lowest BCUT2D eigenvalue weighted by Gasteiger charge is -2.01. The zero-order valence-electron chi connectivity index (χ0n) is 7.50. The van der Waals surface area contributed by atoms with Crippen LogP contribution in [0.2, 0.25) is 0 Å². The van der Waals surface area contributed by atoms with Gasteiger partial charge in [-0.2, -0.15) is 5.10 Å². The molecule has 1 aromatic heterocycles. The Morgan fingerprint density at radius 2 is 2.46 bits per heavy atom. The summed E-state index contributed by atoms with van der Waals surface area (Å²) >= 11 is 0. The maximum absolute atomic E-state index is 11.2. The van der Waals surface area contributed by atoms with E-state index in [1.54, 1.807) is 0 Å². The Bertz CT molecular complexity index is 245. The van der Waals surface area contributed by atoms with Gasteiger partial charge in [-0.15, -0.1) is 0 Å². The van der Waals surface area contributed by atoms with Gasteiger partial charge < -0.3 is 10.6 Å². The van der Waals surface area contributed by atoms with Gasteiger partial charge in [-0.3, -0.25) is 9.89 Å². The smallest absolute Gasteiger partial charge is 0.288 e. The third-order valence-electron chi connectivity index (χ3n) is 1.52. The minimum absolute atomic E-state index is 0.214. The largest absolute Gasteiger partial charge is 0.349 e. The van der Waals surface area contributed by atoms with Crippen LogP contribution in [-0.2, 0) is 0 Å². The normalized spacial score (nSPS) is 9.92. The van der Waals surface area contributed by atoms with Crippen molar-refractivity contribution in [2.75, 3.05) is 20.1 Å². The molecule has 0 aliphatic rings. The number of nitrogens with one attached hydrogen (secondary N) is 3. The quantitative estimate of drug-likeness (QED) is 0.519. The first-order chi connectivity index (χ1) is 6.34. The highest BCUT2D eigenvalue weighted by Crippen LogP contribution is 1.84. The zero-order chi connectivity index (χ0) is 9.52. The highest BCUT2D eigenvalue weighted by molar-refractivity contribution is 5.90. The molecule has 1 rings (SSSR count). The number of amides is 1. The molecule has 0 aromatic carbocycles. The second-order valence-corrected chi connectivity index (χ2v) is 2.55. The first-order valence-electron chi connectivity index (χ1n) is 4.12. The van der Waals surface area contributed by atoms with Crippen molar-refractivity contribution >= 4 is 5.91 Å². The van der Waals surface area contributed by atoms with Crippen LogP contribution in [0.15, 0.2) is 6.33 Å². The fourth-order valence-corrected chi connectivity index (χ4v) is 0.866. The number of H-pyrrole nitrogens is 1. The van der Waals surface area contributed by atoms with Crippen LogP contribution >= 0.6 is 0 Å². The van der Waals surface area contributed by atoms with Crippen LogP contribution in [0.4, 0.5) is 0 Å². The van der Waals surface area contributed by atoms with E-state index in [9.17, 15) is 4.79 Å². The molecule has 0 saturated carbocycles. The van der Waals surface area contributed by atoms with Gasteiger partial charge in [0.25, 0.3) is 5.91 Å². The summed E-state index contributed by atoms with van der Waals surface area (Å²) in [7, 11) is 1.87. The molecule has 6 heteroatoms. The average molecular weight is 183 g/mol. The van der Waals surface area contributed by atoms with E-state index in [2.05, 4.69) is 25.8 Å². The van der Waals surface area contributed by atoms with Crippen molar-refractivity contribution in [3.63, 3.8) is 0 Å². The number of hydrogen-bond donors (Lipinski definition) is 3. The van der Waals surface area contributed by atoms with Crippen LogP contribution in [0.25, 0.3) is 0 Å². The molecule has 0 aliphatic heterocycles. The summed E-state index contributed by atoms with van der Waals surface area (Å²) in [4.78, 5) is 14.9. The Kier molecular flexibility index (Phi) is 3.90. The molecule has 1 amide bonds. The molecule has 1 aromatic rings. The van der Waals surface area contributed by atoms with Gasteiger partial charge in [-0.05, 0) is 20.0 Å². The van der Waals surface area contributed by atoms with Gasteiger partial charge in [0.1, 0.15) is 6.33 Å². The summed E-state index contributed by atoms with van der Waals surface area (Å²) in [6.07, 6.45) is 2.21. The van der Waals surface area contributed by atoms with E-state index in [1.165, 1.54) is 6.33 Å². The maximum Gasteiger partial charge on any atom is 0.288 e. The van der Waals surface area contributed by atoms with E-state index in [0.29, 0.717) is 6.54 Å². The van der Waals surface area contributed by atoms with Gasteiger partial charge in [0.15, 0.2) is 0 Å². The van der Waals surface area contributed by atoms with E-state index >= 15 is 0 Å². The first-order valence-corrected chi connectivity index (χ1v) is 4.12. The van der Waals surface area contributed by atoms with E-state index in [-0.39, 0.29) is 11.7 Å². The summed E-state index contributed by atoms with van der Waals surface area (Å²) < 4.78 is 0. The molecule has 0 spiro atoms. The molecular formula is C7H13N5O. The zero-order valence-corrected chi connectivity index (χ0v) is 7.50. The van der Waals surface area contributed by atoms with E-state index in [1.807, 2.05) is 7.05 Å². The molecule has 0 bridgehead atoms. The predicted octanol–water partition coefficient (Wildman–Crippen LogP) is -0.856. The molecule has 0 atom stereocenters. The summed E-state index contributed by atoms with van der Waals surface area (Å²) in [6, 6.07) is 0. The molecule has 0 fully saturated rings. The molecular weight excluding hydrogens is 170 g/mol. The van der Waals surface area contributed by atoms with E-state index in [0.717, 1.165) is 13.0 Å². The van der Waals surface area contributed by atoms with Gasteiger partial charge >= 0.3 is 0 Å². The van der Waals surface area contributed by atoms with Crippen LogP contribution < -0.4 is 10.6 Å². The molecule has 1 heterocycles. The number of aromatic amines is 1. The van der Waals surface area contributed by atoms with Gasteiger partial charge in [0, 0.05) is 6.54 Å². The van der Waals surface area contributed by atoms with Gasteiger partial charge in [-0.25, -0.2) is 4.98 Å². The summed E-state index contributed by atoms with van der Waals surface area (Å²) in [6.45, 7) is 1.52. The summed E-state index contributed by atoms with van der Waals surface area (Å²) in [5.41, 5.74) is 0. The number of nitrogens with zero attached hydrogens (tertiary/aromatic N) is 2. The van der Waals surface area contributed by atoms with Crippen LogP contribution in [0.5, 0.6) is 0 Å². The average Bonchev–Trinajstić information content (AvgIpc) is 2.65. The highest BCUT2D eigenvalue weighted by atomic mass is 16.2. The topological polar surface area (TPSA) is 82.7 Å². The van der Waals surface area contributed by atoms with Gasteiger partial charge in [0.05, 0.1) is 0 Å². The minimum atomic E-state index is -0.214. The van der Waals surface area contributed by atoms with Gasteiger partial charge in [-0.1, -0.05) is 0 Å². The lowest BCUT2D eigenvalue weighted by Crippen LogP contribution is -2.27. The minimum Gasteiger partial charge on any atom is -0.349 e. The maximum atomic E-state index is 11.2. The number of carbonyl (C=O) groups excluding carboxylic acids is 1. The fourth-order valence-electron chi connectivity index (χ4n) is 0.866. The third-order valence-corrected chi connectivity index (χ3v) is 1.52. The molecule has 6 nitrogen and oxygen atoms in total. The lowest BCUT2D eigenvalue weighted by atomic mass is 10.4. The highest BCUT2D eigenvalue weighted by Gasteiger charge is 2.05. The molecule has 0 unspecified atom stereocenters. The molecule has 72 valence electrons. The van der Waals surface area contributed by atoms with Crippen molar-refractivity contribution in [2.24, 2.45) is 0 Å². The van der Waals surface area contributed by atoms with Crippen LogP contribution in [0.3, 0.4) is 0 Å². The third kappa shape index (κ3) is 3.20. The van der Waals surface area contributed by atoms with Crippen molar-refractivity contribution in [1.82, 2.24) is 25.8 Å². The Morgan fingerprint density at radius 1 is 1.62 bits per heavy atom. The molecule has 0 radical (unpaired) electrons. The Labute approximate surface area is 76.1 Å². The number of aromatic nitrogens is 3. The van der Waals surface area contributed by atoms with Crippen LogP contribution in [0, 0.1) is 0 Å². The van der Waals surface area contributed by atoms with Crippen molar-refractivity contribution in [3.05, 3.63) is 12.2 Å². The van der Waals surface area contributed by atoms with Crippen molar-refractivity contribution in [2.45, 2.75) is 6.42 Å². The molecule has 13 heavy (non-hydrogen) atoms.